The summed E-state index contributed by atoms with van der Waals surface area (Å²) in [6.07, 6.45) is 1.39. The minimum Gasteiger partial charge on any atom is -0.485 e. The Hall–Kier alpha value is -3.66. The third kappa shape index (κ3) is 6.33. The van der Waals surface area contributed by atoms with Crippen molar-refractivity contribution in [3.8, 4) is 16.9 Å². The Kier molecular flexibility index (Phi) is 7.74. The van der Waals surface area contributed by atoms with Crippen LogP contribution in [0.1, 0.15) is 47.2 Å². The summed E-state index contributed by atoms with van der Waals surface area (Å²) in [5.74, 6) is -0.787. The molecule has 206 valence electrons. The van der Waals surface area contributed by atoms with Crippen molar-refractivity contribution in [1.29, 1.82) is 0 Å². The van der Waals surface area contributed by atoms with Gasteiger partial charge in [-0.05, 0) is 86.3 Å². The van der Waals surface area contributed by atoms with Gasteiger partial charge in [0.05, 0.1) is 5.56 Å². The Morgan fingerprint density at radius 2 is 1.67 bits per heavy atom. The Bertz CT molecular complexity index is 1320. The first-order valence-electron chi connectivity index (χ1n) is 13.1. The van der Waals surface area contributed by atoms with Gasteiger partial charge in [0.1, 0.15) is 12.4 Å². The fourth-order valence-electron chi connectivity index (χ4n) is 5.32. The SMILES string of the molecule is Nc1ncc(-c2ccc(C(=O)N3CCC(N4CCCC4)CC3)cc2)cc1OCc1cc(F)cc(C(F)(F)F)c1. The predicted molar refractivity (Wildman–Crippen MR) is 140 cm³/mol. The highest BCUT2D eigenvalue weighted by molar-refractivity contribution is 5.94. The van der Waals surface area contributed by atoms with Crippen LogP contribution in [0.15, 0.2) is 54.7 Å². The lowest BCUT2D eigenvalue weighted by molar-refractivity contribution is -0.137. The Morgan fingerprint density at radius 1 is 0.974 bits per heavy atom. The monoisotopic (exact) mass is 542 g/mol. The number of alkyl halides is 3. The van der Waals surface area contributed by atoms with Gasteiger partial charge in [0.25, 0.3) is 5.91 Å². The highest BCUT2D eigenvalue weighted by atomic mass is 19.4. The van der Waals surface area contributed by atoms with Crippen LogP contribution in [0.5, 0.6) is 5.75 Å². The first-order valence-corrected chi connectivity index (χ1v) is 13.1. The largest absolute Gasteiger partial charge is 0.485 e. The first kappa shape index (κ1) is 26.9. The van der Waals surface area contributed by atoms with Gasteiger partial charge in [0.15, 0.2) is 11.6 Å². The molecule has 0 saturated carbocycles. The van der Waals surface area contributed by atoms with Gasteiger partial charge in [-0.1, -0.05) is 12.1 Å². The Labute approximate surface area is 224 Å². The summed E-state index contributed by atoms with van der Waals surface area (Å²) in [6, 6.07) is 11.6. The van der Waals surface area contributed by atoms with Gasteiger partial charge in [0, 0.05) is 36.5 Å². The van der Waals surface area contributed by atoms with Gasteiger partial charge < -0.3 is 20.3 Å². The van der Waals surface area contributed by atoms with Crippen LogP contribution >= 0.6 is 0 Å². The number of halogens is 4. The molecule has 0 aliphatic carbocycles. The maximum atomic E-state index is 13.7. The van der Waals surface area contributed by atoms with Crippen molar-refractivity contribution >= 4 is 11.7 Å². The second-order valence-corrected chi connectivity index (χ2v) is 10.1. The highest BCUT2D eigenvalue weighted by Gasteiger charge is 2.31. The molecule has 0 radical (unpaired) electrons. The van der Waals surface area contributed by atoms with Crippen molar-refractivity contribution in [2.75, 3.05) is 31.9 Å². The number of rotatable bonds is 6. The molecule has 2 N–H and O–H groups in total. The van der Waals surface area contributed by atoms with Crippen molar-refractivity contribution in [2.45, 2.75) is 44.5 Å². The zero-order valence-corrected chi connectivity index (χ0v) is 21.4. The third-order valence-electron chi connectivity index (χ3n) is 7.43. The summed E-state index contributed by atoms with van der Waals surface area (Å²) in [6.45, 7) is 3.51. The maximum absolute atomic E-state index is 13.7. The second kappa shape index (κ2) is 11.2. The number of carbonyl (C=O) groups is 1. The highest BCUT2D eigenvalue weighted by Crippen LogP contribution is 2.32. The van der Waals surface area contributed by atoms with Gasteiger partial charge in [-0.3, -0.25) is 4.79 Å². The van der Waals surface area contributed by atoms with Crippen molar-refractivity contribution < 1.29 is 27.1 Å². The molecule has 10 heteroatoms. The van der Waals surface area contributed by atoms with Crippen LogP contribution in [0.25, 0.3) is 11.1 Å². The van der Waals surface area contributed by atoms with Crippen LogP contribution in [-0.2, 0) is 12.8 Å². The average molecular weight is 543 g/mol. The molecule has 1 aromatic heterocycles. The zero-order chi connectivity index (χ0) is 27.6. The molecule has 3 heterocycles. The number of hydrogen-bond donors (Lipinski definition) is 1. The molecule has 0 unspecified atom stereocenters. The summed E-state index contributed by atoms with van der Waals surface area (Å²) >= 11 is 0. The van der Waals surface area contributed by atoms with Crippen molar-refractivity contribution in [3.05, 3.63) is 77.2 Å². The number of benzene rings is 2. The van der Waals surface area contributed by atoms with E-state index in [1.165, 1.54) is 12.8 Å². The van der Waals surface area contributed by atoms with Crippen molar-refractivity contribution in [3.63, 3.8) is 0 Å². The van der Waals surface area contributed by atoms with Crippen LogP contribution in [0.2, 0.25) is 0 Å². The van der Waals surface area contributed by atoms with E-state index in [1.807, 2.05) is 17.0 Å². The number of likely N-dealkylation sites (tertiary alicyclic amines) is 2. The molecule has 6 nitrogen and oxygen atoms in total. The topological polar surface area (TPSA) is 71.7 Å². The molecular weight excluding hydrogens is 512 g/mol. The molecule has 2 aliphatic rings. The Balaban J connectivity index is 1.23. The standard InChI is InChI=1S/C29H30F4N4O2/c30-24-14-19(13-23(16-24)29(31,32)33)18-39-26-15-22(17-35-27(26)34)20-3-5-21(6-4-20)28(38)37-11-7-25(8-12-37)36-9-1-2-10-36/h3-6,13-17,25H,1-2,7-12,18H2,(H2,34,35). The van der Waals surface area contributed by atoms with E-state index in [9.17, 15) is 22.4 Å². The summed E-state index contributed by atoms with van der Waals surface area (Å²) < 4.78 is 58.4. The second-order valence-electron chi connectivity index (χ2n) is 10.1. The number of aromatic nitrogens is 1. The quantitative estimate of drug-likeness (QED) is 0.401. The summed E-state index contributed by atoms with van der Waals surface area (Å²) in [7, 11) is 0. The summed E-state index contributed by atoms with van der Waals surface area (Å²) in [4.78, 5) is 21.7. The molecule has 39 heavy (non-hydrogen) atoms. The number of hydrogen-bond acceptors (Lipinski definition) is 5. The molecule has 5 rings (SSSR count). The smallest absolute Gasteiger partial charge is 0.416 e. The number of anilines is 1. The maximum Gasteiger partial charge on any atom is 0.416 e. The zero-order valence-electron chi connectivity index (χ0n) is 21.4. The van der Waals surface area contributed by atoms with E-state index in [0.29, 0.717) is 23.2 Å². The number of nitrogens with zero attached hydrogens (tertiary/aromatic N) is 3. The van der Waals surface area contributed by atoms with E-state index in [-0.39, 0.29) is 29.6 Å². The molecule has 0 spiro atoms. The van der Waals surface area contributed by atoms with E-state index in [1.54, 1.807) is 24.4 Å². The predicted octanol–water partition coefficient (Wildman–Crippen LogP) is 5.77. The van der Waals surface area contributed by atoms with E-state index in [2.05, 4.69) is 9.88 Å². The number of nitrogen functional groups attached to an aromatic ring is 1. The first-order chi connectivity index (χ1) is 18.7. The van der Waals surface area contributed by atoms with Gasteiger partial charge in [-0.15, -0.1) is 0 Å². The third-order valence-corrected chi connectivity index (χ3v) is 7.43. The normalized spacial score (nSPS) is 17.0. The minimum atomic E-state index is -4.67. The molecule has 2 fully saturated rings. The molecule has 2 aliphatic heterocycles. The molecule has 0 atom stereocenters. The summed E-state index contributed by atoms with van der Waals surface area (Å²) in [5.41, 5.74) is 6.86. The van der Waals surface area contributed by atoms with E-state index >= 15 is 0 Å². The molecule has 1 amide bonds. The van der Waals surface area contributed by atoms with Crippen LogP contribution in [0.4, 0.5) is 23.4 Å². The number of pyridine rings is 1. The van der Waals surface area contributed by atoms with Crippen LogP contribution in [0.3, 0.4) is 0 Å². The van der Waals surface area contributed by atoms with E-state index in [0.717, 1.165) is 56.7 Å². The molecule has 3 aromatic rings. The molecule has 0 bridgehead atoms. The number of ether oxygens (including phenoxy) is 1. The van der Waals surface area contributed by atoms with Crippen molar-refractivity contribution in [2.24, 2.45) is 0 Å². The summed E-state index contributed by atoms with van der Waals surface area (Å²) in [5, 5.41) is 0. The lowest BCUT2D eigenvalue weighted by Gasteiger charge is -2.36. The fourth-order valence-corrected chi connectivity index (χ4v) is 5.32. The van der Waals surface area contributed by atoms with E-state index < -0.39 is 17.6 Å². The number of piperidine rings is 1. The number of amides is 1. The van der Waals surface area contributed by atoms with Crippen LogP contribution in [-0.4, -0.2) is 52.9 Å². The fraction of sp³-hybridized carbons (Fsp3) is 0.379. The van der Waals surface area contributed by atoms with Gasteiger partial charge in [-0.25, -0.2) is 9.37 Å². The lowest BCUT2D eigenvalue weighted by Crippen LogP contribution is -2.45. The van der Waals surface area contributed by atoms with Gasteiger partial charge >= 0.3 is 6.18 Å². The minimum absolute atomic E-state index is 0.00851. The Morgan fingerprint density at radius 3 is 2.33 bits per heavy atom. The van der Waals surface area contributed by atoms with Gasteiger partial charge in [-0.2, -0.15) is 13.2 Å². The number of carbonyl (C=O) groups excluding carboxylic acids is 1. The van der Waals surface area contributed by atoms with Crippen LogP contribution < -0.4 is 10.5 Å². The molecular formula is C29H30F4N4O2. The number of nitrogens with two attached hydrogens (primary N) is 1. The van der Waals surface area contributed by atoms with E-state index in [4.69, 9.17) is 10.5 Å². The van der Waals surface area contributed by atoms with Crippen molar-refractivity contribution in [1.82, 2.24) is 14.8 Å². The van der Waals surface area contributed by atoms with Crippen LogP contribution in [0, 0.1) is 5.82 Å². The lowest BCUT2D eigenvalue weighted by atomic mass is 10.0. The molecule has 2 saturated heterocycles. The molecule has 2 aromatic carbocycles. The van der Waals surface area contributed by atoms with Gasteiger partial charge in [0.2, 0.25) is 0 Å². The average Bonchev–Trinajstić information content (AvgIpc) is 3.47.